The van der Waals surface area contributed by atoms with E-state index in [9.17, 15) is 5.11 Å². The summed E-state index contributed by atoms with van der Waals surface area (Å²) in [5.41, 5.74) is 6.99. The molecule has 82 valence electrons. The maximum Gasteiger partial charge on any atom is 0.138 e. The van der Waals surface area contributed by atoms with Crippen molar-refractivity contribution in [3.05, 3.63) is 48.2 Å². The molecule has 4 nitrogen and oxygen atoms in total. The van der Waals surface area contributed by atoms with Crippen molar-refractivity contribution >= 4 is 11.5 Å². The molecule has 4 heteroatoms. The molecule has 0 aliphatic rings. The lowest BCUT2D eigenvalue weighted by Crippen LogP contribution is -2.01. The summed E-state index contributed by atoms with van der Waals surface area (Å²) in [6.45, 7) is 0.626. The van der Waals surface area contributed by atoms with Crippen LogP contribution in [-0.2, 0) is 6.54 Å². The molecule has 0 saturated heterocycles. The molecule has 2 aromatic rings. The average molecular weight is 215 g/mol. The van der Waals surface area contributed by atoms with Crippen molar-refractivity contribution in [2.24, 2.45) is 0 Å². The minimum atomic E-state index is 0.113. The summed E-state index contributed by atoms with van der Waals surface area (Å²) in [6.07, 6.45) is 1.73. The third-order valence-corrected chi connectivity index (χ3v) is 2.23. The number of pyridine rings is 1. The van der Waals surface area contributed by atoms with Crippen molar-refractivity contribution in [1.82, 2.24) is 4.98 Å². The van der Waals surface area contributed by atoms with Crippen LogP contribution in [0, 0.1) is 0 Å². The van der Waals surface area contributed by atoms with Crippen LogP contribution in [0.1, 0.15) is 5.56 Å². The number of hydrogen-bond acceptors (Lipinski definition) is 4. The van der Waals surface area contributed by atoms with E-state index in [0.717, 1.165) is 11.4 Å². The van der Waals surface area contributed by atoms with Gasteiger partial charge in [0.2, 0.25) is 0 Å². The average Bonchev–Trinajstić information content (AvgIpc) is 2.32. The maximum absolute atomic E-state index is 9.27. The van der Waals surface area contributed by atoms with E-state index in [1.807, 2.05) is 24.3 Å². The van der Waals surface area contributed by atoms with Crippen LogP contribution >= 0.6 is 0 Å². The smallest absolute Gasteiger partial charge is 0.138 e. The molecule has 0 aliphatic heterocycles. The van der Waals surface area contributed by atoms with Gasteiger partial charge in [-0.05, 0) is 29.8 Å². The molecule has 0 atom stereocenters. The van der Waals surface area contributed by atoms with Gasteiger partial charge >= 0.3 is 0 Å². The van der Waals surface area contributed by atoms with Gasteiger partial charge < -0.3 is 16.2 Å². The summed E-state index contributed by atoms with van der Waals surface area (Å²) in [5.74, 6) is 0.927. The van der Waals surface area contributed by atoms with Gasteiger partial charge in [-0.3, -0.25) is 0 Å². The number of anilines is 2. The van der Waals surface area contributed by atoms with Crippen LogP contribution in [0.4, 0.5) is 11.5 Å². The van der Waals surface area contributed by atoms with Crippen molar-refractivity contribution < 1.29 is 5.11 Å². The van der Waals surface area contributed by atoms with Gasteiger partial charge in [0.15, 0.2) is 0 Å². The maximum atomic E-state index is 9.27. The molecule has 2 rings (SSSR count). The normalized spacial score (nSPS) is 10.0. The fraction of sp³-hybridized carbons (Fsp3) is 0.0833. The molecular weight excluding hydrogens is 202 g/mol. The molecule has 0 spiro atoms. The van der Waals surface area contributed by atoms with Gasteiger partial charge in [0.25, 0.3) is 0 Å². The Morgan fingerprint density at radius 3 is 2.81 bits per heavy atom. The Bertz CT molecular complexity index is 471. The van der Waals surface area contributed by atoms with Crippen LogP contribution in [0.2, 0.25) is 0 Å². The zero-order valence-electron chi connectivity index (χ0n) is 8.72. The molecule has 0 fully saturated rings. The van der Waals surface area contributed by atoms with E-state index in [-0.39, 0.29) is 5.75 Å². The molecule has 0 amide bonds. The van der Waals surface area contributed by atoms with Crippen molar-refractivity contribution in [3.8, 4) is 5.75 Å². The Hall–Kier alpha value is -2.23. The van der Waals surface area contributed by atoms with E-state index in [2.05, 4.69) is 10.3 Å². The largest absolute Gasteiger partial charge is 0.506 e. The molecule has 1 aromatic heterocycles. The fourth-order valence-corrected chi connectivity index (χ4v) is 1.37. The minimum absolute atomic E-state index is 0.113. The van der Waals surface area contributed by atoms with Crippen molar-refractivity contribution in [2.45, 2.75) is 6.54 Å². The highest BCUT2D eigenvalue weighted by molar-refractivity contribution is 5.53. The molecule has 1 heterocycles. The summed E-state index contributed by atoms with van der Waals surface area (Å²) in [4.78, 5) is 4.14. The SMILES string of the molecule is Nc1cc(CNc2ccccn2)ccc1O. The number of nitrogen functional groups attached to an aromatic ring is 1. The first-order chi connectivity index (χ1) is 7.75. The van der Waals surface area contributed by atoms with Gasteiger partial charge in [-0.15, -0.1) is 0 Å². The van der Waals surface area contributed by atoms with Crippen LogP contribution < -0.4 is 11.1 Å². The first-order valence-electron chi connectivity index (χ1n) is 4.98. The third kappa shape index (κ3) is 2.42. The lowest BCUT2D eigenvalue weighted by molar-refractivity contribution is 0.478. The number of rotatable bonds is 3. The highest BCUT2D eigenvalue weighted by Crippen LogP contribution is 2.20. The van der Waals surface area contributed by atoms with E-state index in [4.69, 9.17) is 5.73 Å². The topological polar surface area (TPSA) is 71.2 Å². The predicted molar refractivity (Wildman–Crippen MR) is 64.1 cm³/mol. The molecule has 1 aromatic carbocycles. The third-order valence-electron chi connectivity index (χ3n) is 2.23. The van der Waals surface area contributed by atoms with Gasteiger partial charge in [-0.2, -0.15) is 0 Å². The Kier molecular flexibility index (Phi) is 2.91. The van der Waals surface area contributed by atoms with Crippen LogP contribution in [0.3, 0.4) is 0 Å². The van der Waals surface area contributed by atoms with Gasteiger partial charge in [-0.25, -0.2) is 4.98 Å². The van der Waals surface area contributed by atoms with E-state index in [1.54, 1.807) is 18.3 Å². The Labute approximate surface area is 93.8 Å². The quantitative estimate of drug-likeness (QED) is 0.541. The van der Waals surface area contributed by atoms with Crippen LogP contribution in [0.5, 0.6) is 5.75 Å². The zero-order chi connectivity index (χ0) is 11.4. The first-order valence-corrected chi connectivity index (χ1v) is 4.98. The number of aromatic nitrogens is 1. The monoisotopic (exact) mass is 215 g/mol. The number of nitrogens with zero attached hydrogens (tertiary/aromatic N) is 1. The molecule has 4 N–H and O–H groups in total. The van der Waals surface area contributed by atoms with Gasteiger partial charge in [0.1, 0.15) is 11.6 Å². The Balaban J connectivity index is 2.03. The van der Waals surface area contributed by atoms with Gasteiger partial charge in [0, 0.05) is 12.7 Å². The van der Waals surface area contributed by atoms with Crippen LogP contribution in [0.15, 0.2) is 42.6 Å². The number of nitrogens with two attached hydrogens (primary N) is 1. The van der Waals surface area contributed by atoms with E-state index >= 15 is 0 Å². The standard InChI is InChI=1S/C12H13N3O/c13-10-7-9(4-5-11(10)16)8-15-12-3-1-2-6-14-12/h1-7,16H,8,13H2,(H,14,15). The molecule has 0 saturated carbocycles. The van der Waals surface area contributed by atoms with E-state index < -0.39 is 0 Å². The minimum Gasteiger partial charge on any atom is -0.506 e. The summed E-state index contributed by atoms with van der Waals surface area (Å²) in [6, 6.07) is 10.8. The predicted octanol–water partition coefficient (Wildman–Crippen LogP) is 1.98. The van der Waals surface area contributed by atoms with E-state index in [0.29, 0.717) is 12.2 Å². The summed E-state index contributed by atoms with van der Waals surface area (Å²) in [5, 5.41) is 12.4. The molecule has 0 unspecified atom stereocenters. The molecule has 0 bridgehead atoms. The number of phenols is 1. The fourth-order valence-electron chi connectivity index (χ4n) is 1.37. The van der Waals surface area contributed by atoms with Crippen LogP contribution in [0.25, 0.3) is 0 Å². The number of nitrogens with one attached hydrogen (secondary N) is 1. The Morgan fingerprint density at radius 2 is 2.12 bits per heavy atom. The molecule has 16 heavy (non-hydrogen) atoms. The zero-order valence-corrected chi connectivity index (χ0v) is 8.72. The van der Waals surface area contributed by atoms with Crippen LogP contribution in [-0.4, -0.2) is 10.1 Å². The lowest BCUT2D eigenvalue weighted by Gasteiger charge is -2.06. The van der Waals surface area contributed by atoms with Crippen molar-refractivity contribution in [3.63, 3.8) is 0 Å². The lowest BCUT2D eigenvalue weighted by atomic mass is 10.2. The highest BCUT2D eigenvalue weighted by Gasteiger charge is 1.99. The number of hydrogen-bond donors (Lipinski definition) is 3. The van der Waals surface area contributed by atoms with Crippen molar-refractivity contribution in [2.75, 3.05) is 11.1 Å². The molecule has 0 radical (unpaired) electrons. The second-order valence-electron chi connectivity index (χ2n) is 3.46. The van der Waals surface area contributed by atoms with E-state index in [1.165, 1.54) is 0 Å². The summed E-state index contributed by atoms with van der Waals surface area (Å²) >= 11 is 0. The second kappa shape index (κ2) is 4.53. The number of aromatic hydroxyl groups is 1. The summed E-state index contributed by atoms with van der Waals surface area (Å²) < 4.78 is 0. The van der Waals surface area contributed by atoms with Gasteiger partial charge in [0.05, 0.1) is 5.69 Å². The molecular formula is C12H13N3O. The molecule has 0 aliphatic carbocycles. The summed E-state index contributed by atoms with van der Waals surface area (Å²) in [7, 11) is 0. The number of phenolic OH excluding ortho intramolecular Hbond substituents is 1. The Morgan fingerprint density at radius 1 is 1.25 bits per heavy atom. The number of benzene rings is 1. The van der Waals surface area contributed by atoms with Crippen molar-refractivity contribution in [1.29, 1.82) is 0 Å². The second-order valence-corrected chi connectivity index (χ2v) is 3.46. The first kappa shape index (κ1) is 10.3. The van der Waals surface area contributed by atoms with Gasteiger partial charge in [-0.1, -0.05) is 12.1 Å². The highest BCUT2D eigenvalue weighted by atomic mass is 16.3.